The molecule has 124 valence electrons. The second kappa shape index (κ2) is 7.25. The van der Waals surface area contributed by atoms with Crippen LogP contribution in [0.4, 0.5) is 0 Å². The third kappa shape index (κ3) is 3.45. The van der Waals surface area contributed by atoms with Gasteiger partial charge < -0.3 is 9.64 Å². The fraction of sp³-hybridized carbons (Fsp3) is 0.316. The van der Waals surface area contributed by atoms with E-state index in [4.69, 9.17) is 4.74 Å². The molecule has 1 aliphatic rings. The Morgan fingerprint density at radius 3 is 2.62 bits per heavy atom. The van der Waals surface area contributed by atoms with E-state index in [1.807, 2.05) is 0 Å². The highest BCUT2D eigenvalue weighted by Gasteiger charge is 2.29. The van der Waals surface area contributed by atoms with Crippen molar-refractivity contribution < 1.29 is 14.3 Å². The summed E-state index contributed by atoms with van der Waals surface area (Å²) in [5, 5.41) is 0. The molecule has 24 heavy (non-hydrogen) atoms. The highest BCUT2D eigenvalue weighted by molar-refractivity contribution is 5.99. The van der Waals surface area contributed by atoms with Gasteiger partial charge in [-0.05, 0) is 49.2 Å². The van der Waals surface area contributed by atoms with Crippen LogP contribution in [0.15, 0.2) is 48.8 Å². The Bertz CT molecular complexity index is 713. The highest BCUT2D eigenvalue weighted by atomic mass is 16.5. The van der Waals surface area contributed by atoms with Gasteiger partial charge in [0.2, 0.25) is 0 Å². The first-order valence-electron chi connectivity index (χ1n) is 8.06. The third-order valence-electron chi connectivity index (χ3n) is 4.36. The monoisotopic (exact) mass is 324 g/mol. The molecule has 1 unspecified atom stereocenters. The molecule has 1 aliphatic heterocycles. The van der Waals surface area contributed by atoms with Crippen molar-refractivity contribution in [3.63, 3.8) is 0 Å². The van der Waals surface area contributed by atoms with Crippen molar-refractivity contribution in [1.29, 1.82) is 0 Å². The summed E-state index contributed by atoms with van der Waals surface area (Å²) < 4.78 is 5.12. The predicted molar refractivity (Wildman–Crippen MR) is 90.2 cm³/mol. The van der Waals surface area contributed by atoms with E-state index in [2.05, 4.69) is 4.98 Å². The first-order chi connectivity index (χ1) is 11.7. The lowest BCUT2D eigenvalue weighted by Gasteiger charge is -2.32. The average molecular weight is 324 g/mol. The average Bonchev–Trinajstić information content (AvgIpc) is 2.67. The van der Waals surface area contributed by atoms with Gasteiger partial charge in [-0.3, -0.25) is 14.6 Å². The number of ether oxygens (including phenoxy) is 1. The summed E-state index contributed by atoms with van der Waals surface area (Å²) in [4.78, 5) is 31.0. The lowest BCUT2D eigenvalue weighted by Crippen LogP contribution is -2.42. The normalized spacial score (nSPS) is 17.4. The van der Waals surface area contributed by atoms with Crippen LogP contribution in [-0.4, -0.2) is 41.8 Å². The van der Waals surface area contributed by atoms with E-state index in [-0.39, 0.29) is 17.6 Å². The van der Waals surface area contributed by atoms with Crippen LogP contribution in [0.1, 0.15) is 33.6 Å². The number of piperidine rings is 1. The van der Waals surface area contributed by atoms with Crippen LogP contribution in [0.2, 0.25) is 0 Å². The molecule has 1 saturated heterocycles. The molecular weight excluding hydrogens is 304 g/mol. The number of nitrogens with zero attached hydrogens (tertiary/aromatic N) is 2. The number of benzene rings is 1. The number of rotatable bonds is 4. The van der Waals surface area contributed by atoms with Crippen LogP contribution in [0.25, 0.3) is 0 Å². The second-order valence-corrected chi connectivity index (χ2v) is 5.92. The Labute approximate surface area is 141 Å². The molecule has 0 radical (unpaired) electrons. The molecule has 1 amide bonds. The number of carbonyl (C=O) groups is 2. The Hall–Kier alpha value is -2.69. The molecule has 5 nitrogen and oxygen atoms in total. The molecule has 2 aromatic rings. The van der Waals surface area contributed by atoms with Gasteiger partial charge in [0.15, 0.2) is 5.78 Å². The number of hydrogen-bond donors (Lipinski definition) is 0. The largest absolute Gasteiger partial charge is 0.497 e. The number of carbonyl (C=O) groups excluding carboxylic acids is 2. The molecule has 1 aromatic carbocycles. The van der Waals surface area contributed by atoms with E-state index in [1.165, 1.54) is 0 Å². The number of methoxy groups -OCH3 is 1. The third-order valence-corrected chi connectivity index (χ3v) is 4.36. The maximum absolute atomic E-state index is 12.7. The van der Waals surface area contributed by atoms with E-state index in [0.717, 1.165) is 18.6 Å². The van der Waals surface area contributed by atoms with Crippen LogP contribution in [0.3, 0.4) is 0 Å². The van der Waals surface area contributed by atoms with Crippen molar-refractivity contribution in [2.24, 2.45) is 5.92 Å². The van der Waals surface area contributed by atoms with Crippen LogP contribution in [0, 0.1) is 5.92 Å². The number of pyridine rings is 1. The van der Waals surface area contributed by atoms with E-state index in [9.17, 15) is 9.59 Å². The smallest absolute Gasteiger partial charge is 0.255 e. The minimum absolute atomic E-state index is 0.0599. The molecule has 3 rings (SSSR count). The van der Waals surface area contributed by atoms with Gasteiger partial charge in [0.05, 0.1) is 12.7 Å². The standard InChI is InChI=1S/C19H20N2O3/c1-24-17-8-6-14(7-9-17)18(22)16-5-3-11-21(13-16)19(23)15-4-2-10-20-12-15/h2,4,6-10,12,16H,3,5,11,13H2,1H3. The number of Topliss-reactive ketones (excluding diaryl/α,β-unsaturated/α-hetero) is 1. The maximum Gasteiger partial charge on any atom is 0.255 e. The van der Waals surface area contributed by atoms with Gasteiger partial charge in [0, 0.05) is 37.0 Å². The number of aromatic nitrogens is 1. The summed E-state index contributed by atoms with van der Waals surface area (Å²) >= 11 is 0. The Balaban J connectivity index is 1.70. The zero-order chi connectivity index (χ0) is 16.9. The predicted octanol–water partition coefficient (Wildman–Crippen LogP) is 2.83. The Morgan fingerprint density at radius 2 is 1.96 bits per heavy atom. The van der Waals surface area contributed by atoms with E-state index >= 15 is 0 Å². The first kappa shape index (κ1) is 16.2. The molecule has 1 fully saturated rings. The molecule has 1 atom stereocenters. The van der Waals surface area contributed by atoms with Crippen molar-refractivity contribution in [3.05, 3.63) is 59.9 Å². The van der Waals surface area contributed by atoms with Gasteiger partial charge in [-0.2, -0.15) is 0 Å². The second-order valence-electron chi connectivity index (χ2n) is 5.92. The van der Waals surface area contributed by atoms with Crippen molar-refractivity contribution in [2.75, 3.05) is 20.2 Å². The molecule has 0 spiro atoms. The van der Waals surface area contributed by atoms with Crippen LogP contribution in [0.5, 0.6) is 5.75 Å². The van der Waals surface area contributed by atoms with E-state index in [0.29, 0.717) is 24.2 Å². The van der Waals surface area contributed by atoms with Crippen molar-refractivity contribution >= 4 is 11.7 Å². The van der Waals surface area contributed by atoms with Gasteiger partial charge in [0.25, 0.3) is 5.91 Å². The molecule has 0 aliphatic carbocycles. The van der Waals surface area contributed by atoms with Gasteiger partial charge in [-0.15, -0.1) is 0 Å². The van der Waals surface area contributed by atoms with Crippen LogP contribution >= 0.6 is 0 Å². The number of likely N-dealkylation sites (tertiary alicyclic amines) is 1. The molecule has 5 heteroatoms. The molecular formula is C19H20N2O3. The summed E-state index contributed by atoms with van der Waals surface area (Å²) in [6.45, 7) is 1.14. The van der Waals surface area contributed by atoms with Gasteiger partial charge >= 0.3 is 0 Å². The maximum atomic E-state index is 12.7. The van der Waals surface area contributed by atoms with Gasteiger partial charge in [-0.1, -0.05) is 0 Å². The Morgan fingerprint density at radius 1 is 1.17 bits per heavy atom. The van der Waals surface area contributed by atoms with Gasteiger partial charge in [0.1, 0.15) is 5.75 Å². The summed E-state index contributed by atoms with van der Waals surface area (Å²) in [5.74, 6) is 0.591. The summed E-state index contributed by atoms with van der Waals surface area (Å²) in [5.41, 5.74) is 1.23. The van der Waals surface area contributed by atoms with Crippen molar-refractivity contribution in [1.82, 2.24) is 9.88 Å². The fourth-order valence-corrected chi connectivity index (χ4v) is 3.04. The fourth-order valence-electron chi connectivity index (χ4n) is 3.04. The van der Waals surface area contributed by atoms with Gasteiger partial charge in [-0.25, -0.2) is 0 Å². The lowest BCUT2D eigenvalue weighted by atomic mass is 9.89. The number of hydrogen-bond acceptors (Lipinski definition) is 4. The first-order valence-corrected chi connectivity index (χ1v) is 8.06. The molecule has 0 N–H and O–H groups in total. The number of amides is 1. The van der Waals surface area contributed by atoms with Crippen LogP contribution in [-0.2, 0) is 0 Å². The minimum Gasteiger partial charge on any atom is -0.497 e. The Kier molecular flexibility index (Phi) is 4.89. The molecule has 0 saturated carbocycles. The lowest BCUT2D eigenvalue weighted by molar-refractivity contribution is 0.0636. The zero-order valence-electron chi connectivity index (χ0n) is 13.6. The van der Waals surface area contributed by atoms with E-state index < -0.39 is 0 Å². The quantitative estimate of drug-likeness (QED) is 0.812. The molecule has 0 bridgehead atoms. The highest BCUT2D eigenvalue weighted by Crippen LogP contribution is 2.23. The van der Waals surface area contributed by atoms with E-state index in [1.54, 1.807) is 60.8 Å². The van der Waals surface area contributed by atoms with Crippen molar-refractivity contribution in [3.8, 4) is 5.75 Å². The topological polar surface area (TPSA) is 59.5 Å². The number of ketones is 1. The SMILES string of the molecule is COc1ccc(C(=O)C2CCCN(C(=O)c3cccnc3)C2)cc1. The van der Waals surface area contributed by atoms with Crippen molar-refractivity contribution in [2.45, 2.75) is 12.8 Å². The minimum atomic E-state index is -0.159. The zero-order valence-corrected chi connectivity index (χ0v) is 13.6. The van der Waals surface area contributed by atoms with Crippen LogP contribution < -0.4 is 4.74 Å². The summed E-state index contributed by atoms with van der Waals surface area (Å²) in [7, 11) is 1.60. The molecule has 2 heterocycles. The summed E-state index contributed by atoms with van der Waals surface area (Å²) in [6.07, 6.45) is 4.85. The summed E-state index contributed by atoms with van der Waals surface area (Å²) in [6, 6.07) is 10.6. The molecule has 1 aromatic heterocycles.